The Bertz CT molecular complexity index is 790. The van der Waals surface area contributed by atoms with E-state index in [9.17, 15) is 0 Å². The summed E-state index contributed by atoms with van der Waals surface area (Å²) >= 11 is 0. The molecule has 106 valence electrons. The number of aromatic nitrogens is 3. The number of nitrogens with zero attached hydrogens (tertiary/aromatic N) is 3. The molecule has 21 heavy (non-hydrogen) atoms. The van der Waals surface area contributed by atoms with Crippen molar-refractivity contribution in [2.45, 2.75) is 25.3 Å². The van der Waals surface area contributed by atoms with Crippen LogP contribution in [0.3, 0.4) is 0 Å². The summed E-state index contributed by atoms with van der Waals surface area (Å²) in [6.07, 6.45) is 7.22. The van der Waals surface area contributed by atoms with Crippen LogP contribution >= 0.6 is 0 Å². The number of imidazole rings is 1. The van der Waals surface area contributed by atoms with Crippen molar-refractivity contribution in [1.82, 2.24) is 14.5 Å². The van der Waals surface area contributed by atoms with Crippen molar-refractivity contribution in [1.29, 1.82) is 0 Å². The average molecular weight is 278 g/mol. The zero-order valence-electron chi connectivity index (χ0n) is 12.1. The maximum Gasteiger partial charge on any atom is 0.154 e. The van der Waals surface area contributed by atoms with E-state index in [1.807, 2.05) is 30.2 Å². The molecular formula is C17H18N4. The predicted molar refractivity (Wildman–Crippen MR) is 84.3 cm³/mol. The minimum atomic E-state index is 0.329. The van der Waals surface area contributed by atoms with Gasteiger partial charge in [0.2, 0.25) is 0 Å². The van der Waals surface area contributed by atoms with E-state index in [0.717, 1.165) is 23.3 Å². The van der Waals surface area contributed by atoms with E-state index >= 15 is 0 Å². The molecule has 4 nitrogen and oxygen atoms in total. The van der Waals surface area contributed by atoms with Gasteiger partial charge in [0.05, 0.1) is 17.9 Å². The molecule has 0 spiro atoms. The highest BCUT2D eigenvalue weighted by Gasteiger charge is 2.21. The molecule has 1 unspecified atom stereocenters. The molecule has 0 saturated heterocycles. The fourth-order valence-electron chi connectivity index (χ4n) is 3.24. The number of aryl methyl sites for hydroxylation is 2. The number of benzene rings is 1. The van der Waals surface area contributed by atoms with Crippen LogP contribution in [-0.4, -0.2) is 14.5 Å². The Hall–Kier alpha value is -2.36. The first kappa shape index (κ1) is 12.4. The van der Waals surface area contributed by atoms with Crippen molar-refractivity contribution < 1.29 is 0 Å². The quantitative estimate of drug-likeness (QED) is 0.780. The molecule has 2 aromatic heterocycles. The first-order valence-corrected chi connectivity index (χ1v) is 7.43. The third-order valence-corrected chi connectivity index (χ3v) is 4.32. The van der Waals surface area contributed by atoms with Crippen LogP contribution in [0.5, 0.6) is 0 Å². The zero-order chi connectivity index (χ0) is 14.2. The number of pyridine rings is 1. The monoisotopic (exact) mass is 278 g/mol. The third kappa shape index (κ3) is 2.07. The lowest BCUT2D eigenvalue weighted by molar-refractivity contribution is 0.599. The minimum absolute atomic E-state index is 0.329. The second-order valence-electron chi connectivity index (χ2n) is 5.67. The maximum atomic E-state index is 4.50. The molecule has 0 radical (unpaired) electrons. The van der Waals surface area contributed by atoms with Crippen molar-refractivity contribution in [3.63, 3.8) is 0 Å². The molecule has 0 bridgehead atoms. The largest absolute Gasteiger partial charge is 0.361 e. The second kappa shape index (κ2) is 4.88. The van der Waals surface area contributed by atoms with E-state index in [1.54, 1.807) is 0 Å². The van der Waals surface area contributed by atoms with E-state index in [-0.39, 0.29) is 0 Å². The lowest BCUT2D eigenvalue weighted by atomic mass is 9.88. The van der Waals surface area contributed by atoms with Gasteiger partial charge in [0, 0.05) is 13.2 Å². The molecule has 0 saturated carbocycles. The van der Waals surface area contributed by atoms with Crippen molar-refractivity contribution in [3.05, 3.63) is 54.0 Å². The molecular weight excluding hydrogens is 260 g/mol. The Morgan fingerprint density at radius 1 is 1.19 bits per heavy atom. The van der Waals surface area contributed by atoms with Gasteiger partial charge in [-0.2, -0.15) is 0 Å². The van der Waals surface area contributed by atoms with Gasteiger partial charge in [-0.3, -0.25) is 0 Å². The summed E-state index contributed by atoms with van der Waals surface area (Å²) in [6.45, 7) is 0. The predicted octanol–water partition coefficient (Wildman–Crippen LogP) is 3.46. The van der Waals surface area contributed by atoms with Gasteiger partial charge < -0.3 is 9.88 Å². The lowest BCUT2D eigenvalue weighted by Crippen LogP contribution is -2.18. The van der Waals surface area contributed by atoms with Crippen molar-refractivity contribution >= 4 is 16.9 Å². The number of rotatable bonds is 2. The fraction of sp³-hybridized carbons (Fsp3) is 0.294. The molecule has 1 aliphatic rings. The van der Waals surface area contributed by atoms with Crippen LogP contribution in [0, 0.1) is 0 Å². The van der Waals surface area contributed by atoms with Crippen molar-refractivity contribution in [2.75, 3.05) is 5.32 Å². The van der Waals surface area contributed by atoms with Gasteiger partial charge in [-0.05, 0) is 36.5 Å². The number of hydrogen-bond donors (Lipinski definition) is 1. The van der Waals surface area contributed by atoms with Gasteiger partial charge in [-0.15, -0.1) is 0 Å². The SMILES string of the molecule is Cn1cnc2c(NC3CCCc4ccccc43)nccc21. The summed E-state index contributed by atoms with van der Waals surface area (Å²) in [5, 5.41) is 3.61. The van der Waals surface area contributed by atoms with Crippen LogP contribution in [-0.2, 0) is 13.5 Å². The Morgan fingerprint density at radius 2 is 2.10 bits per heavy atom. The van der Waals surface area contributed by atoms with E-state index in [2.05, 4.69) is 39.6 Å². The van der Waals surface area contributed by atoms with Gasteiger partial charge in [0.15, 0.2) is 5.82 Å². The Labute approximate surface area is 123 Å². The summed E-state index contributed by atoms with van der Waals surface area (Å²) in [5.41, 5.74) is 4.91. The lowest BCUT2D eigenvalue weighted by Gasteiger charge is -2.26. The molecule has 1 atom stereocenters. The van der Waals surface area contributed by atoms with Crippen LogP contribution in [0.1, 0.15) is 30.0 Å². The van der Waals surface area contributed by atoms with E-state index in [4.69, 9.17) is 0 Å². The molecule has 0 amide bonds. The molecule has 2 heterocycles. The molecule has 0 fully saturated rings. The van der Waals surface area contributed by atoms with Gasteiger partial charge in [0.1, 0.15) is 5.52 Å². The standard InChI is InChI=1S/C17H18N4/c1-21-11-19-16-15(21)9-10-18-17(16)20-14-8-4-6-12-5-2-3-7-13(12)14/h2-3,5,7,9-11,14H,4,6,8H2,1H3,(H,18,20). The summed E-state index contributed by atoms with van der Waals surface area (Å²) in [6, 6.07) is 11.0. The summed E-state index contributed by atoms with van der Waals surface area (Å²) in [7, 11) is 2.01. The number of fused-ring (bicyclic) bond motifs is 2. The van der Waals surface area contributed by atoms with Crippen molar-refractivity contribution in [2.24, 2.45) is 7.05 Å². The number of hydrogen-bond acceptors (Lipinski definition) is 3. The fourth-order valence-corrected chi connectivity index (χ4v) is 3.24. The molecule has 4 heteroatoms. The Balaban J connectivity index is 1.73. The van der Waals surface area contributed by atoms with E-state index in [1.165, 1.54) is 24.0 Å². The summed E-state index contributed by atoms with van der Waals surface area (Å²) in [5.74, 6) is 0.884. The van der Waals surface area contributed by atoms with Crippen LogP contribution in [0.2, 0.25) is 0 Å². The molecule has 4 rings (SSSR count). The highest BCUT2D eigenvalue weighted by atomic mass is 15.1. The molecule has 3 aromatic rings. The molecule has 1 aromatic carbocycles. The Morgan fingerprint density at radius 3 is 3.05 bits per heavy atom. The topological polar surface area (TPSA) is 42.7 Å². The first-order chi connectivity index (χ1) is 10.3. The maximum absolute atomic E-state index is 4.50. The van der Waals surface area contributed by atoms with Gasteiger partial charge in [-0.25, -0.2) is 9.97 Å². The van der Waals surface area contributed by atoms with Gasteiger partial charge in [0.25, 0.3) is 0 Å². The second-order valence-corrected chi connectivity index (χ2v) is 5.67. The molecule has 1 N–H and O–H groups in total. The molecule has 1 aliphatic carbocycles. The van der Waals surface area contributed by atoms with Crippen LogP contribution < -0.4 is 5.32 Å². The summed E-state index contributed by atoms with van der Waals surface area (Å²) in [4.78, 5) is 8.98. The van der Waals surface area contributed by atoms with Crippen LogP contribution in [0.25, 0.3) is 11.0 Å². The smallest absolute Gasteiger partial charge is 0.154 e. The Kier molecular flexibility index (Phi) is 2.88. The van der Waals surface area contributed by atoms with Crippen molar-refractivity contribution in [3.8, 4) is 0 Å². The zero-order valence-corrected chi connectivity index (χ0v) is 12.1. The highest BCUT2D eigenvalue weighted by molar-refractivity contribution is 5.85. The normalized spacial score (nSPS) is 17.7. The number of nitrogens with one attached hydrogen (secondary N) is 1. The molecule has 0 aliphatic heterocycles. The first-order valence-electron chi connectivity index (χ1n) is 7.43. The van der Waals surface area contributed by atoms with Crippen LogP contribution in [0.15, 0.2) is 42.9 Å². The van der Waals surface area contributed by atoms with E-state index < -0.39 is 0 Å². The highest BCUT2D eigenvalue weighted by Crippen LogP contribution is 2.33. The van der Waals surface area contributed by atoms with Gasteiger partial charge in [-0.1, -0.05) is 24.3 Å². The van der Waals surface area contributed by atoms with E-state index in [0.29, 0.717) is 6.04 Å². The number of anilines is 1. The summed E-state index contributed by atoms with van der Waals surface area (Å²) < 4.78 is 2.02. The minimum Gasteiger partial charge on any atom is -0.361 e. The third-order valence-electron chi connectivity index (χ3n) is 4.32. The average Bonchev–Trinajstić information content (AvgIpc) is 2.90. The van der Waals surface area contributed by atoms with Gasteiger partial charge >= 0.3 is 0 Å². The van der Waals surface area contributed by atoms with Crippen LogP contribution in [0.4, 0.5) is 5.82 Å².